The number of anilines is 1. The number of halogens is 1. The van der Waals surface area contributed by atoms with Crippen molar-refractivity contribution in [2.45, 2.75) is 13.3 Å². The van der Waals surface area contributed by atoms with E-state index in [2.05, 4.69) is 4.94 Å². The molecule has 0 saturated heterocycles. The van der Waals surface area contributed by atoms with Crippen molar-refractivity contribution in [3.63, 3.8) is 0 Å². The average molecular weight is 183 g/mol. The van der Waals surface area contributed by atoms with Crippen molar-refractivity contribution in [1.29, 1.82) is 0 Å². The zero-order chi connectivity index (χ0) is 9.84. The van der Waals surface area contributed by atoms with E-state index in [4.69, 9.17) is 5.73 Å². The maximum atomic E-state index is 11.6. The molecule has 0 aromatic heterocycles. The van der Waals surface area contributed by atoms with Gasteiger partial charge in [0.25, 0.3) is 0 Å². The summed E-state index contributed by atoms with van der Waals surface area (Å²) in [6, 6.07) is 4.87. The van der Waals surface area contributed by atoms with Gasteiger partial charge in [-0.15, -0.1) is 0 Å². The molecule has 70 valence electrons. The summed E-state index contributed by atoms with van der Waals surface area (Å²) in [5, 5.41) is 0. The quantitative estimate of drug-likeness (QED) is 0.712. The van der Waals surface area contributed by atoms with E-state index in [0.717, 1.165) is 12.0 Å². The van der Waals surface area contributed by atoms with Crippen molar-refractivity contribution < 1.29 is 14.3 Å². The van der Waals surface area contributed by atoms with Gasteiger partial charge in [-0.25, -0.2) is 9.74 Å². The molecule has 0 fully saturated rings. The molecule has 0 saturated carbocycles. The van der Waals surface area contributed by atoms with Gasteiger partial charge in [-0.05, 0) is 24.1 Å². The summed E-state index contributed by atoms with van der Waals surface area (Å²) < 4.78 is 11.6. The zero-order valence-corrected chi connectivity index (χ0v) is 7.21. The second-order valence-corrected chi connectivity index (χ2v) is 2.64. The lowest BCUT2D eigenvalue weighted by atomic mass is 10.1. The van der Waals surface area contributed by atoms with E-state index in [0.29, 0.717) is 0 Å². The Balaban J connectivity index is 3.11. The normalized spacial score (nSPS) is 9.69. The van der Waals surface area contributed by atoms with E-state index in [9.17, 15) is 9.32 Å². The van der Waals surface area contributed by atoms with E-state index in [-0.39, 0.29) is 11.3 Å². The van der Waals surface area contributed by atoms with Gasteiger partial charge in [0.05, 0.1) is 5.56 Å². The average Bonchev–Trinajstić information content (AvgIpc) is 2.17. The first-order valence-corrected chi connectivity index (χ1v) is 3.90. The smallest absolute Gasteiger partial charge is 0.381 e. The van der Waals surface area contributed by atoms with Crippen LogP contribution >= 0.6 is 0 Å². The predicted octanol–water partition coefficient (Wildman–Crippen LogP) is 1.87. The molecule has 4 heteroatoms. The van der Waals surface area contributed by atoms with Crippen LogP contribution in [0.3, 0.4) is 0 Å². The fraction of sp³-hybridized carbons (Fsp3) is 0.222. The molecule has 0 spiro atoms. The summed E-state index contributed by atoms with van der Waals surface area (Å²) in [6.07, 6.45) is 0.757. The van der Waals surface area contributed by atoms with Gasteiger partial charge in [-0.3, -0.25) is 0 Å². The van der Waals surface area contributed by atoms with Crippen molar-refractivity contribution >= 4 is 11.7 Å². The standard InChI is InChI=1S/C9H10FNO2/c1-2-6-3-4-8(11)7(5-6)9(12)13-10/h3-5H,2,11H2,1H3. The van der Waals surface area contributed by atoms with Gasteiger partial charge in [0.15, 0.2) is 0 Å². The minimum atomic E-state index is -1.05. The number of carbonyl (C=O) groups is 1. The minimum Gasteiger partial charge on any atom is -0.398 e. The Kier molecular flexibility index (Phi) is 2.84. The lowest BCUT2D eigenvalue weighted by molar-refractivity contribution is -0.0787. The van der Waals surface area contributed by atoms with Gasteiger partial charge in [-0.2, -0.15) is 0 Å². The number of nitrogen functional groups attached to an aromatic ring is 1. The van der Waals surface area contributed by atoms with Crippen molar-refractivity contribution in [2.24, 2.45) is 0 Å². The molecule has 0 aliphatic heterocycles. The van der Waals surface area contributed by atoms with Crippen LogP contribution in [0.1, 0.15) is 22.8 Å². The molecule has 1 aromatic carbocycles. The highest BCUT2D eigenvalue weighted by molar-refractivity contribution is 5.94. The van der Waals surface area contributed by atoms with Gasteiger partial charge in [0.2, 0.25) is 0 Å². The predicted molar refractivity (Wildman–Crippen MR) is 46.8 cm³/mol. The lowest BCUT2D eigenvalue weighted by Gasteiger charge is -2.03. The number of aryl methyl sites for hydroxylation is 1. The third kappa shape index (κ3) is 1.96. The van der Waals surface area contributed by atoms with Gasteiger partial charge >= 0.3 is 5.97 Å². The maximum absolute atomic E-state index is 11.6. The molecule has 1 rings (SSSR count). The Hall–Kier alpha value is -1.58. The Morgan fingerprint density at radius 3 is 2.85 bits per heavy atom. The Morgan fingerprint density at radius 2 is 2.31 bits per heavy atom. The Bertz CT molecular complexity index is 325. The molecular weight excluding hydrogens is 173 g/mol. The largest absolute Gasteiger partial charge is 0.398 e. The van der Waals surface area contributed by atoms with Gasteiger partial charge in [0.1, 0.15) is 0 Å². The molecule has 2 N–H and O–H groups in total. The monoisotopic (exact) mass is 183 g/mol. The molecule has 0 unspecified atom stereocenters. The van der Waals surface area contributed by atoms with E-state index in [1.54, 1.807) is 12.1 Å². The minimum absolute atomic E-state index is 0.0712. The molecule has 0 radical (unpaired) electrons. The zero-order valence-electron chi connectivity index (χ0n) is 7.21. The number of carbonyl (C=O) groups excluding carboxylic acids is 1. The molecular formula is C9H10FNO2. The first kappa shape index (κ1) is 9.51. The van der Waals surface area contributed by atoms with Crippen molar-refractivity contribution in [3.8, 4) is 0 Å². The molecule has 0 heterocycles. The van der Waals surface area contributed by atoms with E-state index < -0.39 is 5.97 Å². The van der Waals surface area contributed by atoms with E-state index in [1.165, 1.54) is 6.07 Å². The molecule has 1 aromatic rings. The summed E-state index contributed by atoms with van der Waals surface area (Å²) >= 11 is 0. The number of benzene rings is 1. The van der Waals surface area contributed by atoms with Crippen LogP contribution in [0.2, 0.25) is 0 Å². The van der Waals surface area contributed by atoms with Crippen LogP contribution in [0.4, 0.5) is 10.2 Å². The van der Waals surface area contributed by atoms with Gasteiger partial charge in [-0.1, -0.05) is 13.0 Å². The van der Waals surface area contributed by atoms with Crippen LogP contribution < -0.4 is 5.73 Å². The highest BCUT2D eigenvalue weighted by atomic mass is 19.3. The fourth-order valence-corrected chi connectivity index (χ4v) is 1.04. The first-order valence-electron chi connectivity index (χ1n) is 3.90. The molecule has 0 atom stereocenters. The highest BCUT2D eigenvalue weighted by Crippen LogP contribution is 2.15. The lowest BCUT2D eigenvalue weighted by Crippen LogP contribution is -2.04. The summed E-state index contributed by atoms with van der Waals surface area (Å²) in [5.74, 6) is -1.05. The van der Waals surface area contributed by atoms with Crippen molar-refractivity contribution in [2.75, 3.05) is 5.73 Å². The fourth-order valence-electron chi connectivity index (χ4n) is 1.04. The van der Waals surface area contributed by atoms with E-state index >= 15 is 0 Å². The summed E-state index contributed by atoms with van der Waals surface area (Å²) in [4.78, 5) is 13.9. The van der Waals surface area contributed by atoms with Crippen LogP contribution in [-0.4, -0.2) is 5.97 Å². The maximum Gasteiger partial charge on any atom is 0.381 e. The van der Waals surface area contributed by atoms with E-state index in [1.807, 2.05) is 6.92 Å². The second kappa shape index (κ2) is 3.89. The summed E-state index contributed by atoms with van der Waals surface area (Å²) in [5.41, 5.74) is 6.66. The number of rotatable bonds is 2. The molecule has 0 amide bonds. The molecule has 0 bridgehead atoms. The molecule has 13 heavy (non-hydrogen) atoms. The second-order valence-electron chi connectivity index (χ2n) is 2.64. The third-order valence-electron chi connectivity index (χ3n) is 1.82. The van der Waals surface area contributed by atoms with Gasteiger partial charge in [0, 0.05) is 10.2 Å². The number of hydrogen-bond donors (Lipinski definition) is 1. The topological polar surface area (TPSA) is 52.3 Å². The molecule has 3 nitrogen and oxygen atoms in total. The van der Waals surface area contributed by atoms with Crippen LogP contribution in [0.5, 0.6) is 0 Å². The van der Waals surface area contributed by atoms with Crippen molar-refractivity contribution in [1.82, 2.24) is 0 Å². The third-order valence-corrected chi connectivity index (χ3v) is 1.82. The van der Waals surface area contributed by atoms with Crippen LogP contribution in [-0.2, 0) is 11.4 Å². The van der Waals surface area contributed by atoms with Crippen LogP contribution in [0.15, 0.2) is 18.2 Å². The van der Waals surface area contributed by atoms with Crippen LogP contribution in [0.25, 0.3) is 0 Å². The van der Waals surface area contributed by atoms with Crippen LogP contribution in [0, 0.1) is 0 Å². The molecule has 0 aliphatic rings. The first-order chi connectivity index (χ1) is 6.19. The Morgan fingerprint density at radius 1 is 1.62 bits per heavy atom. The SMILES string of the molecule is CCc1ccc(N)c(C(=O)OF)c1. The number of hydrogen-bond acceptors (Lipinski definition) is 3. The number of nitrogens with two attached hydrogens (primary N) is 1. The summed E-state index contributed by atoms with van der Waals surface area (Å²) in [7, 11) is 0. The highest BCUT2D eigenvalue weighted by Gasteiger charge is 2.11. The van der Waals surface area contributed by atoms with Gasteiger partial charge < -0.3 is 5.73 Å². The molecule has 0 aliphatic carbocycles. The van der Waals surface area contributed by atoms with Crippen molar-refractivity contribution in [3.05, 3.63) is 29.3 Å². The Labute approximate surface area is 75.2 Å². The summed E-state index contributed by atoms with van der Waals surface area (Å²) in [6.45, 7) is 1.93.